The van der Waals surface area contributed by atoms with Crippen LogP contribution in [-0.4, -0.2) is 28.7 Å². The van der Waals surface area contributed by atoms with Gasteiger partial charge in [-0.05, 0) is 49.1 Å². The van der Waals surface area contributed by atoms with E-state index in [-0.39, 0.29) is 6.42 Å². The van der Waals surface area contributed by atoms with Crippen LogP contribution in [0, 0.1) is 0 Å². The minimum atomic E-state index is -0.727. The normalized spacial score (nSPS) is 19.1. The largest absolute Gasteiger partial charge is 0.490 e. The predicted molar refractivity (Wildman–Crippen MR) is 78.0 cm³/mol. The van der Waals surface area contributed by atoms with Crippen LogP contribution in [0.15, 0.2) is 24.3 Å². The van der Waals surface area contributed by atoms with Crippen LogP contribution in [0.4, 0.5) is 0 Å². The highest BCUT2D eigenvalue weighted by atomic mass is 32.2. The Kier molecular flexibility index (Phi) is 5.58. The third-order valence-electron chi connectivity index (χ3n) is 3.20. The van der Waals surface area contributed by atoms with Crippen molar-refractivity contribution in [1.82, 2.24) is 0 Å². The number of aryl methyl sites for hydroxylation is 1. The van der Waals surface area contributed by atoms with Crippen molar-refractivity contribution in [3.8, 4) is 5.75 Å². The molecule has 1 fully saturated rings. The molecule has 1 atom stereocenters. The van der Waals surface area contributed by atoms with Gasteiger partial charge in [0.1, 0.15) is 11.9 Å². The number of thioether (sulfide) groups is 1. The molecule has 0 aromatic heterocycles. The summed E-state index contributed by atoms with van der Waals surface area (Å²) in [6.07, 6.45) is 4.46. The van der Waals surface area contributed by atoms with Gasteiger partial charge >= 0.3 is 5.97 Å². The molecule has 0 saturated carbocycles. The Labute approximate surface area is 118 Å². The van der Waals surface area contributed by atoms with Crippen LogP contribution in [0.25, 0.3) is 0 Å². The molecule has 0 aliphatic carbocycles. The van der Waals surface area contributed by atoms with Crippen LogP contribution in [0.3, 0.4) is 0 Å². The molecule has 2 rings (SSSR count). The van der Waals surface area contributed by atoms with Crippen LogP contribution >= 0.6 is 11.8 Å². The number of rotatable bonds is 6. The highest BCUT2D eigenvalue weighted by Crippen LogP contribution is 2.23. The standard InChI is InChI=1S/C15H20O3S/c16-15(17)5-1-3-12-6-8-13(9-7-12)18-14-4-2-10-19-11-14/h6-9,14H,1-5,10-11H2,(H,16,17). The van der Waals surface area contributed by atoms with Crippen LogP contribution in [0.1, 0.15) is 31.2 Å². The van der Waals surface area contributed by atoms with Crippen LogP contribution in [0.5, 0.6) is 5.75 Å². The fraction of sp³-hybridized carbons (Fsp3) is 0.533. The van der Waals surface area contributed by atoms with Crippen LogP contribution < -0.4 is 4.74 Å². The highest BCUT2D eigenvalue weighted by Gasteiger charge is 2.14. The topological polar surface area (TPSA) is 46.5 Å². The molecule has 0 amide bonds. The van der Waals surface area contributed by atoms with Crippen molar-refractivity contribution in [3.05, 3.63) is 29.8 Å². The third-order valence-corrected chi connectivity index (χ3v) is 4.39. The zero-order valence-corrected chi connectivity index (χ0v) is 11.8. The molecule has 1 aromatic carbocycles. The monoisotopic (exact) mass is 280 g/mol. The van der Waals surface area contributed by atoms with Gasteiger partial charge in [0.25, 0.3) is 0 Å². The van der Waals surface area contributed by atoms with E-state index < -0.39 is 5.97 Å². The molecule has 0 radical (unpaired) electrons. The number of hydrogen-bond acceptors (Lipinski definition) is 3. The van der Waals surface area contributed by atoms with Gasteiger partial charge in [-0.25, -0.2) is 0 Å². The second kappa shape index (κ2) is 7.43. The molecule has 1 unspecified atom stereocenters. The van der Waals surface area contributed by atoms with Crippen molar-refractivity contribution in [2.45, 2.75) is 38.2 Å². The maximum absolute atomic E-state index is 10.4. The van der Waals surface area contributed by atoms with Crippen molar-refractivity contribution in [2.24, 2.45) is 0 Å². The van der Waals surface area contributed by atoms with Gasteiger partial charge in [0.15, 0.2) is 0 Å². The van der Waals surface area contributed by atoms with E-state index in [2.05, 4.69) is 0 Å². The quantitative estimate of drug-likeness (QED) is 0.868. The summed E-state index contributed by atoms with van der Waals surface area (Å²) in [5.74, 6) is 2.53. The van der Waals surface area contributed by atoms with Gasteiger partial charge in [-0.3, -0.25) is 4.79 Å². The van der Waals surface area contributed by atoms with Gasteiger partial charge in [0, 0.05) is 12.2 Å². The summed E-state index contributed by atoms with van der Waals surface area (Å²) in [5, 5.41) is 8.60. The lowest BCUT2D eigenvalue weighted by atomic mass is 10.1. The molecule has 3 nitrogen and oxygen atoms in total. The van der Waals surface area contributed by atoms with E-state index in [0.717, 1.165) is 24.3 Å². The molecule has 1 aliphatic heterocycles. The Bertz CT molecular complexity index is 396. The summed E-state index contributed by atoms with van der Waals surface area (Å²) in [6, 6.07) is 8.06. The van der Waals surface area contributed by atoms with Crippen molar-refractivity contribution in [3.63, 3.8) is 0 Å². The molecule has 1 aromatic rings. The highest BCUT2D eigenvalue weighted by molar-refractivity contribution is 7.99. The molecule has 0 bridgehead atoms. The second-order valence-corrected chi connectivity index (χ2v) is 6.00. The molecule has 0 spiro atoms. The minimum Gasteiger partial charge on any atom is -0.490 e. The Morgan fingerprint density at radius 2 is 2.16 bits per heavy atom. The first-order valence-electron chi connectivity index (χ1n) is 6.79. The number of aliphatic carboxylic acids is 1. The number of ether oxygens (including phenoxy) is 1. The van der Waals surface area contributed by atoms with E-state index >= 15 is 0 Å². The molecule has 1 aliphatic rings. The Balaban J connectivity index is 1.78. The fourth-order valence-electron chi connectivity index (χ4n) is 2.18. The summed E-state index contributed by atoms with van der Waals surface area (Å²) in [6.45, 7) is 0. The number of benzene rings is 1. The predicted octanol–water partition coefficient (Wildman–Crippen LogP) is 3.37. The van der Waals surface area contributed by atoms with E-state index in [1.807, 2.05) is 36.0 Å². The van der Waals surface area contributed by atoms with Crippen molar-refractivity contribution < 1.29 is 14.6 Å². The Hall–Kier alpha value is -1.16. The van der Waals surface area contributed by atoms with Gasteiger partial charge < -0.3 is 9.84 Å². The molecule has 4 heteroatoms. The number of carboxylic acids is 1. The lowest BCUT2D eigenvalue weighted by Gasteiger charge is -2.22. The van der Waals surface area contributed by atoms with Gasteiger partial charge in [-0.1, -0.05) is 12.1 Å². The maximum atomic E-state index is 10.4. The average molecular weight is 280 g/mol. The Morgan fingerprint density at radius 1 is 1.37 bits per heavy atom. The smallest absolute Gasteiger partial charge is 0.303 e. The minimum absolute atomic E-state index is 0.234. The summed E-state index contributed by atoms with van der Waals surface area (Å²) < 4.78 is 5.94. The zero-order valence-electron chi connectivity index (χ0n) is 11.0. The lowest BCUT2D eigenvalue weighted by molar-refractivity contribution is -0.137. The molecule has 19 heavy (non-hydrogen) atoms. The third kappa shape index (κ3) is 5.15. The zero-order chi connectivity index (χ0) is 13.5. The van der Waals surface area contributed by atoms with E-state index in [9.17, 15) is 4.79 Å². The fourth-order valence-corrected chi connectivity index (χ4v) is 3.21. The molecule has 1 N–H and O–H groups in total. The summed E-state index contributed by atoms with van der Waals surface area (Å²) in [5.41, 5.74) is 1.17. The summed E-state index contributed by atoms with van der Waals surface area (Å²) in [4.78, 5) is 10.4. The number of carbonyl (C=O) groups is 1. The number of carboxylic acid groups (broad SMARTS) is 1. The van der Waals surface area contributed by atoms with Gasteiger partial charge in [-0.2, -0.15) is 11.8 Å². The molecular formula is C15H20O3S. The van der Waals surface area contributed by atoms with Crippen LogP contribution in [-0.2, 0) is 11.2 Å². The van der Waals surface area contributed by atoms with Crippen LogP contribution in [0.2, 0.25) is 0 Å². The molecular weight excluding hydrogens is 260 g/mol. The van der Waals surface area contributed by atoms with E-state index in [1.165, 1.54) is 17.7 Å². The second-order valence-electron chi connectivity index (χ2n) is 4.85. The van der Waals surface area contributed by atoms with E-state index in [1.54, 1.807) is 0 Å². The molecule has 1 heterocycles. The first-order chi connectivity index (χ1) is 9.24. The SMILES string of the molecule is O=C(O)CCCc1ccc(OC2CCCSC2)cc1. The van der Waals surface area contributed by atoms with E-state index in [4.69, 9.17) is 9.84 Å². The first kappa shape index (κ1) is 14.3. The number of hydrogen-bond donors (Lipinski definition) is 1. The maximum Gasteiger partial charge on any atom is 0.303 e. The van der Waals surface area contributed by atoms with E-state index in [0.29, 0.717) is 12.5 Å². The summed E-state index contributed by atoms with van der Waals surface area (Å²) >= 11 is 1.96. The molecule has 1 saturated heterocycles. The van der Waals surface area contributed by atoms with Crippen molar-refractivity contribution >= 4 is 17.7 Å². The van der Waals surface area contributed by atoms with Crippen molar-refractivity contribution in [2.75, 3.05) is 11.5 Å². The Morgan fingerprint density at radius 3 is 2.79 bits per heavy atom. The van der Waals surface area contributed by atoms with Gasteiger partial charge in [0.05, 0.1) is 0 Å². The average Bonchev–Trinajstić information content (AvgIpc) is 2.42. The first-order valence-corrected chi connectivity index (χ1v) is 7.94. The summed E-state index contributed by atoms with van der Waals surface area (Å²) in [7, 11) is 0. The van der Waals surface area contributed by atoms with Crippen molar-refractivity contribution in [1.29, 1.82) is 0 Å². The van der Waals surface area contributed by atoms with Gasteiger partial charge in [-0.15, -0.1) is 0 Å². The molecule has 104 valence electrons. The van der Waals surface area contributed by atoms with Gasteiger partial charge in [0.2, 0.25) is 0 Å². The lowest BCUT2D eigenvalue weighted by Crippen LogP contribution is -2.23.